The Balaban J connectivity index is 2.52. The second-order valence-corrected chi connectivity index (χ2v) is 3.57. The maximum atomic E-state index is 5.76. The third kappa shape index (κ3) is 2.95. The molecule has 3 nitrogen and oxygen atoms in total. The van der Waals surface area contributed by atoms with Crippen molar-refractivity contribution in [2.24, 2.45) is 22.4 Å². The fraction of sp³-hybridized carbons (Fsp3) is 0.667. The van der Waals surface area contributed by atoms with Gasteiger partial charge < -0.3 is 11.5 Å². The van der Waals surface area contributed by atoms with Crippen LogP contribution in [0, 0.1) is 5.92 Å². The minimum Gasteiger partial charge on any atom is -0.402 e. The molecule has 4 N–H and O–H groups in total. The molecule has 0 aromatic carbocycles. The summed E-state index contributed by atoms with van der Waals surface area (Å²) in [5.41, 5.74) is 12.3. The minimum absolute atomic E-state index is 0.244. The first-order valence-electron chi connectivity index (χ1n) is 4.40. The standard InChI is InChI=1S/C9H17N3/c1-6(2)12-9(11)5-8(10)7-3-4-7/h5-7H,3-4,10H2,1-2H3,(H2,11,12). The molecule has 12 heavy (non-hydrogen) atoms. The molecule has 0 aromatic heterocycles. The van der Waals surface area contributed by atoms with E-state index in [0.717, 1.165) is 5.70 Å². The molecule has 0 radical (unpaired) electrons. The Morgan fingerprint density at radius 3 is 2.42 bits per heavy atom. The van der Waals surface area contributed by atoms with Gasteiger partial charge in [-0.15, -0.1) is 0 Å². The smallest absolute Gasteiger partial charge is 0.120 e. The number of aliphatic imine (C=N–C) groups is 1. The highest BCUT2D eigenvalue weighted by Gasteiger charge is 2.23. The summed E-state index contributed by atoms with van der Waals surface area (Å²) in [5, 5.41) is 0. The van der Waals surface area contributed by atoms with Gasteiger partial charge in [0.1, 0.15) is 5.84 Å². The molecule has 0 saturated heterocycles. The Kier molecular flexibility index (Phi) is 2.74. The number of allylic oxidation sites excluding steroid dienone is 1. The van der Waals surface area contributed by atoms with Crippen molar-refractivity contribution in [1.29, 1.82) is 0 Å². The first kappa shape index (κ1) is 9.10. The molecular formula is C9H17N3. The molecule has 0 spiro atoms. The van der Waals surface area contributed by atoms with Gasteiger partial charge in [-0.25, -0.2) is 0 Å². The minimum atomic E-state index is 0.244. The van der Waals surface area contributed by atoms with Crippen molar-refractivity contribution in [2.45, 2.75) is 32.7 Å². The third-order valence-corrected chi connectivity index (χ3v) is 1.77. The van der Waals surface area contributed by atoms with Gasteiger partial charge in [-0.2, -0.15) is 0 Å². The predicted octanol–water partition coefficient (Wildman–Crippen LogP) is 1.00. The molecule has 1 aliphatic carbocycles. The third-order valence-electron chi connectivity index (χ3n) is 1.77. The van der Waals surface area contributed by atoms with Crippen LogP contribution in [-0.4, -0.2) is 11.9 Å². The van der Waals surface area contributed by atoms with E-state index in [1.54, 1.807) is 6.08 Å². The molecule has 1 rings (SSSR count). The van der Waals surface area contributed by atoms with Gasteiger partial charge in [-0.05, 0) is 38.7 Å². The maximum absolute atomic E-state index is 5.76. The van der Waals surface area contributed by atoms with E-state index in [2.05, 4.69) is 4.99 Å². The second-order valence-electron chi connectivity index (χ2n) is 3.57. The van der Waals surface area contributed by atoms with Crippen LogP contribution in [-0.2, 0) is 0 Å². The van der Waals surface area contributed by atoms with Crippen molar-refractivity contribution in [2.75, 3.05) is 0 Å². The van der Waals surface area contributed by atoms with Crippen LogP contribution in [0.25, 0.3) is 0 Å². The van der Waals surface area contributed by atoms with Gasteiger partial charge in [-0.3, -0.25) is 4.99 Å². The molecule has 0 atom stereocenters. The Hall–Kier alpha value is -0.990. The van der Waals surface area contributed by atoms with Crippen molar-refractivity contribution in [1.82, 2.24) is 0 Å². The van der Waals surface area contributed by atoms with Crippen molar-refractivity contribution in [3.05, 3.63) is 11.8 Å². The van der Waals surface area contributed by atoms with Crippen LogP contribution in [0.4, 0.5) is 0 Å². The molecule has 68 valence electrons. The number of hydrogen-bond donors (Lipinski definition) is 2. The van der Waals surface area contributed by atoms with E-state index in [1.165, 1.54) is 12.8 Å². The number of rotatable bonds is 3. The molecule has 0 unspecified atom stereocenters. The fourth-order valence-electron chi connectivity index (χ4n) is 1.04. The molecule has 1 aliphatic rings. The summed E-state index contributed by atoms with van der Waals surface area (Å²) in [6.07, 6.45) is 4.20. The Bertz CT molecular complexity index is 212. The second kappa shape index (κ2) is 3.61. The average Bonchev–Trinajstić information content (AvgIpc) is 2.63. The monoisotopic (exact) mass is 167 g/mol. The van der Waals surface area contributed by atoms with E-state index in [4.69, 9.17) is 11.5 Å². The highest BCUT2D eigenvalue weighted by molar-refractivity contribution is 5.92. The van der Waals surface area contributed by atoms with E-state index in [9.17, 15) is 0 Å². The summed E-state index contributed by atoms with van der Waals surface area (Å²) in [5.74, 6) is 1.13. The zero-order chi connectivity index (χ0) is 9.14. The first-order chi connectivity index (χ1) is 5.59. The van der Waals surface area contributed by atoms with Gasteiger partial charge in [0, 0.05) is 11.7 Å². The Morgan fingerprint density at radius 1 is 1.42 bits per heavy atom. The number of amidine groups is 1. The van der Waals surface area contributed by atoms with Crippen LogP contribution in [0.15, 0.2) is 16.8 Å². The summed E-state index contributed by atoms with van der Waals surface area (Å²) in [6, 6.07) is 0.244. The lowest BCUT2D eigenvalue weighted by atomic mass is 10.3. The number of nitrogens with zero attached hydrogens (tertiary/aromatic N) is 1. The van der Waals surface area contributed by atoms with Crippen LogP contribution in [0.3, 0.4) is 0 Å². The largest absolute Gasteiger partial charge is 0.402 e. The topological polar surface area (TPSA) is 64.4 Å². The fourth-order valence-corrected chi connectivity index (χ4v) is 1.04. The first-order valence-corrected chi connectivity index (χ1v) is 4.40. The van der Waals surface area contributed by atoms with Gasteiger partial charge in [0.25, 0.3) is 0 Å². The van der Waals surface area contributed by atoms with Gasteiger partial charge in [-0.1, -0.05) is 0 Å². The summed E-state index contributed by atoms with van der Waals surface area (Å²) < 4.78 is 0. The molecule has 1 saturated carbocycles. The van der Waals surface area contributed by atoms with Gasteiger partial charge >= 0.3 is 0 Å². The zero-order valence-corrected chi connectivity index (χ0v) is 7.75. The van der Waals surface area contributed by atoms with Crippen molar-refractivity contribution >= 4 is 5.84 Å². The van der Waals surface area contributed by atoms with E-state index in [0.29, 0.717) is 11.8 Å². The van der Waals surface area contributed by atoms with E-state index in [-0.39, 0.29) is 6.04 Å². The molecule has 1 fully saturated rings. The van der Waals surface area contributed by atoms with Crippen molar-refractivity contribution < 1.29 is 0 Å². The molecule has 0 heterocycles. The average molecular weight is 167 g/mol. The Morgan fingerprint density at radius 2 is 2.00 bits per heavy atom. The molecule has 0 aliphatic heterocycles. The normalized spacial score (nSPS) is 20.2. The lowest BCUT2D eigenvalue weighted by molar-refractivity contribution is 0.834. The zero-order valence-electron chi connectivity index (χ0n) is 7.75. The molecule has 0 bridgehead atoms. The van der Waals surface area contributed by atoms with Crippen LogP contribution < -0.4 is 11.5 Å². The van der Waals surface area contributed by atoms with E-state index < -0.39 is 0 Å². The summed E-state index contributed by atoms with van der Waals surface area (Å²) >= 11 is 0. The Labute approximate surface area is 73.5 Å². The lowest BCUT2D eigenvalue weighted by Gasteiger charge is -2.00. The number of nitrogens with two attached hydrogens (primary N) is 2. The van der Waals surface area contributed by atoms with Crippen LogP contribution in [0.2, 0.25) is 0 Å². The van der Waals surface area contributed by atoms with Gasteiger partial charge in [0.05, 0.1) is 0 Å². The SMILES string of the molecule is CC(C)N=C(N)C=C(N)C1CC1. The predicted molar refractivity (Wildman–Crippen MR) is 51.8 cm³/mol. The van der Waals surface area contributed by atoms with Crippen molar-refractivity contribution in [3.63, 3.8) is 0 Å². The highest BCUT2D eigenvalue weighted by Crippen LogP contribution is 2.33. The van der Waals surface area contributed by atoms with Gasteiger partial charge in [0.15, 0.2) is 0 Å². The summed E-state index contributed by atoms with van der Waals surface area (Å²) in [4.78, 5) is 4.17. The van der Waals surface area contributed by atoms with Crippen LogP contribution in [0.1, 0.15) is 26.7 Å². The number of hydrogen-bond acceptors (Lipinski definition) is 2. The van der Waals surface area contributed by atoms with Crippen LogP contribution in [0.5, 0.6) is 0 Å². The molecule has 0 amide bonds. The van der Waals surface area contributed by atoms with Crippen LogP contribution >= 0.6 is 0 Å². The molecule has 3 heteroatoms. The quantitative estimate of drug-likeness (QED) is 0.486. The van der Waals surface area contributed by atoms with Crippen molar-refractivity contribution in [3.8, 4) is 0 Å². The molecule has 0 aromatic rings. The van der Waals surface area contributed by atoms with E-state index in [1.807, 2.05) is 13.8 Å². The van der Waals surface area contributed by atoms with Gasteiger partial charge in [0.2, 0.25) is 0 Å². The summed E-state index contributed by atoms with van der Waals surface area (Å²) in [6.45, 7) is 3.99. The molecular weight excluding hydrogens is 150 g/mol. The van der Waals surface area contributed by atoms with E-state index >= 15 is 0 Å². The maximum Gasteiger partial charge on any atom is 0.120 e. The highest BCUT2D eigenvalue weighted by atomic mass is 14.9. The summed E-state index contributed by atoms with van der Waals surface area (Å²) in [7, 11) is 0. The lowest BCUT2D eigenvalue weighted by Crippen LogP contribution is -2.14.